The van der Waals surface area contributed by atoms with Crippen LogP contribution in [0, 0.1) is 0 Å². The van der Waals surface area contributed by atoms with Crippen molar-refractivity contribution in [3.05, 3.63) is 0 Å². The normalized spacial score (nSPS) is 42.5. The Hall–Kier alpha value is 1.88. The van der Waals surface area contributed by atoms with Crippen molar-refractivity contribution >= 4 is 63.7 Å². The van der Waals surface area contributed by atoms with E-state index in [1.807, 2.05) is 0 Å². The smallest absolute Gasteiger partial charge is 0.0540 e. The fourth-order valence-electron chi connectivity index (χ4n) is 2.09. The van der Waals surface area contributed by atoms with Gasteiger partial charge < -0.3 is 5.11 Å². The fourth-order valence-corrected chi connectivity index (χ4v) is 4.26. The predicted octanol–water partition coefficient (Wildman–Crippen LogP) is 5.15. The molecule has 1 rings (SSSR count). The van der Waals surface area contributed by atoms with Crippen LogP contribution in [0.2, 0.25) is 0 Å². The van der Waals surface area contributed by atoms with Gasteiger partial charge in [0.1, 0.15) is 0 Å². The average Bonchev–Trinajstić information content (AvgIpc) is 2.31. The molecule has 0 amide bonds. The van der Waals surface area contributed by atoms with Crippen LogP contribution in [-0.2, 0) is 0 Å². The Balaban J connectivity index is 2.51. The van der Waals surface area contributed by atoms with Crippen molar-refractivity contribution in [3.63, 3.8) is 0 Å². The van der Waals surface area contributed by atoms with Crippen molar-refractivity contribution in [2.45, 2.75) is 70.4 Å². The van der Waals surface area contributed by atoms with Gasteiger partial charge in [-0.25, -0.2) is 0 Å². The molecule has 1 nitrogen and oxygen atoms in total. The third-order valence-electron chi connectivity index (χ3n) is 3.30. The van der Waals surface area contributed by atoms with E-state index in [0.29, 0.717) is 19.3 Å². The quantitative estimate of drug-likeness (QED) is 0.457. The summed E-state index contributed by atoms with van der Waals surface area (Å²) < 4.78 is 0. The van der Waals surface area contributed by atoms with E-state index in [1.54, 1.807) is 0 Å². The van der Waals surface area contributed by atoms with Gasteiger partial charge in [-0.3, -0.25) is 0 Å². The molecule has 0 aromatic heterocycles. The molecule has 102 valence electrons. The number of aliphatic hydroxyl groups is 1. The highest BCUT2D eigenvalue weighted by atomic mass is 79.9. The average molecular weight is 500 g/mol. The van der Waals surface area contributed by atoms with Crippen molar-refractivity contribution < 1.29 is 5.11 Å². The molecule has 0 saturated heterocycles. The van der Waals surface area contributed by atoms with Gasteiger partial charge in [0.25, 0.3) is 0 Å². The van der Waals surface area contributed by atoms with Gasteiger partial charge in [0.15, 0.2) is 0 Å². The van der Waals surface area contributed by atoms with Crippen LogP contribution in [0.3, 0.4) is 0 Å². The highest BCUT2D eigenvalue weighted by Gasteiger charge is 2.22. The van der Waals surface area contributed by atoms with E-state index in [4.69, 9.17) is 0 Å². The van der Waals surface area contributed by atoms with Gasteiger partial charge in [-0.1, -0.05) is 63.7 Å². The number of hydrogen-bond acceptors (Lipinski definition) is 1. The highest BCUT2D eigenvalue weighted by molar-refractivity contribution is 9.12. The summed E-state index contributed by atoms with van der Waals surface area (Å²) in [5.41, 5.74) is 0. The maximum Gasteiger partial charge on any atom is 0.0540 e. The second-order valence-corrected chi connectivity index (χ2v) is 9.51. The van der Waals surface area contributed by atoms with Crippen LogP contribution >= 0.6 is 63.7 Å². The number of aliphatic hydroxyl groups excluding tert-OH is 1. The molecule has 0 spiro atoms. The molecule has 1 fully saturated rings. The lowest BCUT2D eigenvalue weighted by molar-refractivity contribution is 0.148. The van der Waals surface area contributed by atoms with Crippen LogP contribution in [0.5, 0.6) is 0 Å². The molecule has 17 heavy (non-hydrogen) atoms. The monoisotopic (exact) mass is 496 g/mol. The molecule has 1 saturated carbocycles. The number of hydrogen-bond donors (Lipinski definition) is 1. The second kappa shape index (κ2) is 8.93. The zero-order valence-corrected chi connectivity index (χ0v) is 16.1. The molecule has 0 aromatic carbocycles. The van der Waals surface area contributed by atoms with Crippen LogP contribution in [0.25, 0.3) is 0 Å². The van der Waals surface area contributed by atoms with Crippen molar-refractivity contribution in [1.82, 2.24) is 0 Å². The molecule has 0 bridgehead atoms. The summed E-state index contributed by atoms with van der Waals surface area (Å²) in [4.78, 5) is 2.00. The zero-order valence-electron chi connectivity index (χ0n) is 9.80. The topological polar surface area (TPSA) is 20.2 Å². The minimum atomic E-state index is -0.136. The fraction of sp³-hybridized carbons (Fsp3) is 1.00. The first-order valence-electron chi connectivity index (χ1n) is 6.25. The van der Waals surface area contributed by atoms with E-state index < -0.39 is 0 Å². The van der Waals surface area contributed by atoms with Crippen LogP contribution in [-0.4, -0.2) is 30.5 Å². The van der Waals surface area contributed by atoms with Crippen molar-refractivity contribution in [1.29, 1.82) is 0 Å². The Kier molecular flexibility index (Phi) is 8.90. The van der Waals surface area contributed by atoms with E-state index in [-0.39, 0.29) is 6.10 Å². The summed E-state index contributed by atoms with van der Waals surface area (Å²) in [6.07, 6.45) is 7.31. The molecule has 0 aliphatic heterocycles. The molecule has 0 radical (unpaired) electrons. The highest BCUT2D eigenvalue weighted by Crippen LogP contribution is 2.30. The van der Waals surface area contributed by atoms with Crippen molar-refractivity contribution in [3.8, 4) is 0 Å². The van der Waals surface area contributed by atoms with E-state index in [2.05, 4.69) is 63.7 Å². The summed E-state index contributed by atoms with van der Waals surface area (Å²) in [5.74, 6) is 0. The maximum absolute atomic E-state index is 9.89. The Morgan fingerprint density at radius 2 is 1.00 bits per heavy atom. The Morgan fingerprint density at radius 3 is 1.53 bits per heavy atom. The van der Waals surface area contributed by atoms with E-state index >= 15 is 0 Å². The van der Waals surface area contributed by atoms with Gasteiger partial charge in [0.2, 0.25) is 0 Å². The Labute approximate surface area is 138 Å². The zero-order chi connectivity index (χ0) is 12.8. The summed E-state index contributed by atoms with van der Waals surface area (Å²) in [6.45, 7) is 0. The van der Waals surface area contributed by atoms with Gasteiger partial charge in [-0.15, -0.1) is 0 Å². The predicted molar refractivity (Wildman–Crippen MR) is 89.2 cm³/mol. The van der Waals surface area contributed by atoms with Crippen LogP contribution < -0.4 is 0 Å². The Bertz CT molecular complexity index is 215. The van der Waals surface area contributed by atoms with Gasteiger partial charge in [-0.2, -0.15) is 0 Å². The lowest BCUT2D eigenvalue weighted by Gasteiger charge is -2.23. The third kappa shape index (κ3) is 6.73. The van der Waals surface area contributed by atoms with E-state index in [0.717, 1.165) is 38.5 Å². The molecular formula is C12H20Br4O. The minimum absolute atomic E-state index is 0.136. The SMILES string of the molecule is OC1CCCC(Br)C(Br)CCC(Br)C(Br)CC1. The molecule has 1 aliphatic carbocycles. The van der Waals surface area contributed by atoms with Crippen LogP contribution in [0.4, 0.5) is 0 Å². The van der Waals surface area contributed by atoms with Gasteiger partial charge in [0.05, 0.1) is 6.10 Å². The third-order valence-corrected chi connectivity index (χ3v) is 9.10. The molecule has 5 atom stereocenters. The number of rotatable bonds is 0. The summed E-state index contributed by atoms with van der Waals surface area (Å²) in [7, 11) is 0. The van der Waals surface area contributed by atoms with E-state index in [1.165, 1.54) is 6.42 Å². The molecule has 1 aliphatic rings. The lowest BCUT2D eigenvalue weighted by atomic mass is 9.99. The summed E-state index contributed by atoms with van der Waals surface area (Å²) in [6, 6.07) is 0. The molecular weight excluding hydrogens is 480 g/mol. The first kappa shape index (κ1) is 16.9. The van der Waals surface area contributed by atoms with Gasteiger partial charge in [0, 0.05) is 19.3 Å². The molecule has 5 unspecified atom stereocenters. The minimum Gasteiger partial charge on any atom is -0.393 e. The van der Waals surface area contributed by atoms with Crippen molar-refractivity contribution in [2.75, 3.05) is 0 Å². The molecule has 0 heterocycles. The molecule has 0 aromatic rings. The number of halogens is 4. The molecule has 1 N–H and O–H groups in total. The first-order chi connectivity index (χ1) is 8.00. The number of alkyl halides is 4. The van der Waals surface area contributed by atoms with Gasteiger partial charge >= 0.3 is 0 Å². The van der Waals surface area contributed by atoms with Crippen LogP contribution in [0.15, 0.2) is 0 Å². The molecule has 5 heteroatoms. The second-order valence-electron chi connectivity index (χ2n) is 4.80. The summed E-state index contributed by atoms with van der Waals surface area (Å²) in [5, 5.41) is 9.89. The van der Waals surface area contributed by atoms with Crippen molar-refractivity contribution in [2.24, 2.45) is 0 Å². The Morgan fingerprint density at radius 1 is 0.588 bits per heavy atom. The van der Waals surface area contributed by atoms with E-state index in [9.17, 15) is 5.11 Å². The lowest BCUT2D eigenvalue weighted by Crippen LogP contribution is -2.22. The maximum atomic E-state index is 9.89. The van der Waals surface area contributed by atoms with Gasteiger partial charge in [-0.05, 0) is 44.9 Å². The standard InChI is InChI=1S/C12H20Br4O/c13-9-3-1-2-8(17)4-5-10(14)12(16)7-6-11(9)15/h8-12,17H,1-7H2. The largest absolute Gasteiger partial charge is 0.393 e. The summed E-state index contributed by atoms with van der Waals surface area (Å²) >= 11 is 15.0. The van der Waals surface area contributed by atoms with Crippen LogP contribution in [0.1, 0.15) is 44.9 Å². The first-order valence-corrected chi connectivity index (χ1v) is 9.91.